The van der Waals surface area contributed by atoms with Gasteiger partial charge in [0.05, 0.1) is 19.1 Å². The molecule has 1 aliphatic heterocycles. The fourth-order valence-electron chi connectivity index (χ4n) is 5.77. The summed E-state index contributed by atoms with van der Waals surface area (Å²) in [6, 6.07) is 22.0. The number of carbonyl (C=O) groups excluding carboxylic acids is 2. The fraction of sp³-hybridized carbons (Fsp3) is 0.355. The quantitative estimate of drug-likeness (QED) is 0.315. The van der Waals surface area contributed by atoms with Crippen LogP contribution in [0.2, 0.25) is 0 Å². The molecule has 1 heterocycles. The van der Waals surface area contributed by atoms with Gasteiger partial charge in [-0.05, 0) is 89.2 Å². The molecule has 5 nitrogen and oxygen atoms in total. The van der Waals surface area contributed by atoms with Gasteiger partial charge in [0, 0.05) is 21.1 Å². The molecule has 0 spiro atoms. The lowest BCUT2D eigenvalue weighted by Gasteiger charge is -2.39. The van der Waals surface area contributed by atoms with Crippen LogP contribution in [0.5, 0.6) is 0 Å². The Bertz CT molecular complexity index is 1320. The van der Waals surface area contributed by atoms with Gasteiger partial charge in [-0.25, -0.2) is 0 Å². The predicted octanol–water partition coefficient (Wildman–Crippen LogP) is 5.59. The van der Waals surface area contributed by atoms with Crippen molar-refractivity contribution in [1.29, 1.82) is 0 Å². The van der Waals surface area contributed by atoms with E-state index in [0.29, 0.717) is 6.54 Å². The number of amides is 2. The molecule has 3 aromatic rings. The minimum absolute atomic E-state index is 0.0149. The van der Waals surface area contributed by atoms with E-state index in [1.54, 1.807) is 0 Å². The van der Waals surface area contributed by atoms with Crippen molar-refractivity contribution in [3.8, 4) is 0 Å². The molecular weight excluding hydrogens is 607 g/mol. The third-order valence-electron chi connectivity index (χ3n) is 7.63. The number of hydrogen-bond acceptors (Lipinski definition) is 4. The Labute approximate surface area is 242 Å². The molecule has 1 saturated heterocycles. The molecule has 0 radical (unpaired) electrons. The van der Waals surface area contributed by atoms with Gasteiger partial charge in [0.1, 0.15) is 4.75 Å². The number of halogens is 1. The van der Waals surface area contributed by atoms with E-state index in [4.69, 9.17) is 0 Å². The fourth-order valence-corrected chi connectivity index (χ4v) is 8.05. The zero-order chi connectivity index (χ0) is 26.9. The first-order chi connectivity index (χ1) is 18.4. The van der Waals surface area contributed by atoms with Crippen LogP contribution >= 0.6 is 34.4 Å². The van der Waals surface area contributed by atoms with Crippen LogP contribution in [0.1, 0.15) is 53.6 Å². The van der Waals surface area contributed by atoms with Crippen LogP contribution in [0.15, 0.2) is 71.6 Å². The number of nitrogens with zero attached hydrogens (tertiary/aromatic N) is 1. The molecule has 2 aliphatic rings. The number of nitrogens with one attached hydrogen (secondary N) is 1. The molecular formula is C31H33IN2O3S. The summed E-state index contributed by atoms with van der Waals surface area (Å²) in [6.45, 7) is 4.59. The third kappa shape index (κ3) is 5.12. The van der Waals surface area contributed by atoms with E-state index < -0.39 is 10.8 Å². The molecule has 0 unspecified atom stereocenters. The molecule has 5 rings (SSSR count). The minimum atomic E-state index is -1.03. The second-order valence-electron chi connectivity index (χ2n) is 10.3. The highest BCUT2D eigenvalue weighted by molar-refractivity contribution is 14.1. The molecule has 2 atom stereocenters. The summed E-state index contributed by atoms with van der Waals surface area (Å²) in [5, 5.41) is 12.9. The number of hydrogen-bond donors (Lipinski definition) is 2. The van der Waals surface area contributed by atoms with Crippen molar-refractivity contribution in [2.75, 3.05) is 6.54 Å². The number of fused-ring (bicyclic) bond motifs is 1. The van der Waals surface area contributed by atoms with Gasteiger partial charge in [0.25, 0.3) is 0 Å². The number of aryl methyl sites for hydroxylation is 1. The van der Waals surface area contributed by atoms with Crippen LogP contribution in [0.4, 0.5) is 0 Å². The van der Waals surface area contributed by atoms with Crippen LogP contribution in [0.25, 0.3) is 0 Å². The third-order valence-corrected chi connectivity index (χ3v) is 9.99. The zero-order valence-electron chi connectivity index (χ0n) is 21.7. The predicted molar refractivity (Wildman–Crippen MR) is 160 cm³/mol. The van der Waals surface area contributed by atoms with Crippen LogP contribution in [-0.2, 0) is 29.0 Å². The Morgan fingerprint density at radius 2 is 1.79 bits per heavy atom. The molecule has 1 fully saturated rings. The topological polar surface area (TPSA) is 69.6 Å². The van der Waals surface area contributed by atoms with E-state index in [9.17, 15) is 14.7 Å². The lowest BCUT2D eigenvalue weighted by molar-refractivity contribution is -0.131. The number of aliphatic hydroxyl groups is 1. The van der Waals surface area contributed by atoms with Crippen molar-refractivity contribution in [3.05, 3.63) is 98.1 Å². The summed E-state index contributed by atoms with van der Waals surface area (Å²) in [5.74, 6) is -0.0792. The highest BCUT2D eigenvalue weighted by atomic mass is 127. The van der Waals surface area contributed by atoms with Gasteiger partial charge < -0.3 is 15.3 Å². The summed E-state index contributed by atoms with van der Waals surface area (Å²) < 4.78 is -0.0803. The van der Waals surface area contributed by atoms with Crippen molar-refractivity contribution in [3.63, 3.8) is 0 Å². The molecule has 198 valence electrons. The molecule has 0 aromatic heterocycles. The maximum Gasteiger partial charge on any atom is 0.239 e. The van der Waals surface area contributed by atoms with E-state index in [-0.39, 0.29) is 30.9 Å². The summed E-state index contributed by atoms with van der Waals surface area (Å²) in [7, 11) is 0. The molecule has 3 aromatic carbocycles. The maximum atomic E-state index is 14.2. The highest BCUT2D eigenvalue weighted by Crippen LogP contribution is 2.55. The smallest absolute Gasteiger partial charge is 0.239 e. The normalized spacial score (nSPS) is 21.1. The van der Waals surface area contributed by atoms with Crippen LogP contribution in [0, 0.1) is 10.5 Å². The number of carbonyl (C=O) groups is 2. The van der Waals surface area contributed by atoms with Crippen LogP contribution in [-0.4, -0.2) is 39.2 Å². The first-order valence-corrected chi connectivity index (χ1v) is 15.1. The summed E-state index contributed by atoms with van der Waals surface area (Å²) >= 11 is 3.80. The van der Waals surface area contributed by atoms with Crippen LogP contribution < -0.4 is 5.32 Å². The van der Waals surface area contributed by atoms with Crippen molar-refractivity contribution in [1.82, 2.24) is 10.2 Å². The Hall–Kier alpha value is -2.36. The summed E-state index contributed by atoms with van der Waals surface area (Å²) in [4.78, 5) is 31.2. The molecule has 0 saturated carbocycles. The Kier molecular flexibility index (Phi) is 8.16. The van der Waals surface area contributed by atoms with Gasteiger partial charge in [-0.3, -0.25) is 9.59 Å². The second-order valence-corrected chi connectivity index (χ2v) is 12.9. The van der Waals surface area contributed by atoms with Gasteiger partial charge >= 0.3 is 0 Å². The van der Waals surface area contributed by atoms with E-state index in [1.807, 2.05) is 49.1 Å². The molecule has 2 N–H and O–H groups in total. The number of benzene rings is 3. The average Bonchev–Trinajstić information content (AvgIpc) is 3.47. The van der Waals surface area contributed by atoms with E-state index in [2.05, 4.69) is 64.3 Å². The number of likely N-dealkylation sites (tertiary alicyclic amines) is 1. The van der Waals surface area contributed by atoms with E-state index >= 15 is 0 Å². The number of rotatable bonds is 8. The molecule has 7 heteroatoms. The zero-order valence-corrected chi connectivity index (χ0v) is 24.7. The van der Waals surface area contributed by atoms with Gasteiger partial charge in [0.2, 0.25) is 11.8 Å². The van der Waals surface area contributed by atoms with Gasteiger partial charge in [-0.1, -0.05) is 61.0 Å². The molecule has 2 amide bonds. The first-order valence-electron chi connectivity index (χ1n) is 13.2. The monoisotopic (exact) mass is 640 g/mol. The summed E-state index contributed by atoms with van der Waals surface area (Å²) in [6.07, 6.45) is 2.52. The average molecular weight is 641 g/mol. The number of aliphatic hydroxyl groups excluding tert-OH is 1. The molecule has 0 bridgehead atoms. The molecule has 38 heavy (non-hydrogen) atoms. The van der Waals surface area contributed by atoms with E-state index in [1.165, 1.54) is 22.9 Å². The Morgan fingerprint density at radius 1 is 1.11 bits per heavy atom. The van der Waals surface area contributed by atoms with Crippen molar-refractivity contribution >= 4 is 46.2 Å². The van der Waals surface area contributed by atoms with Crippen LogP contribution in [0.3, 0.4) is 0 Å². The molecule has 1 aliphatic carbocycles. The maximum absolute atomic E-state index is 14.2. The van der Waals surface area contributed by atoms with E-state index in [0.717, 1.165) is 44.4 Å². The van der Waals surface area contributed by atoms with Crippen molar-refractivity contribution < 1.29 is 14.7 Å². The Balaban J connectivity index is 1.65. The Morgan fingerprint density at radius 3 is 2.39 bits per heavy atom. The number of thioether (sulfide) groups is 1. The first kappa shape index (κ1) is 27.2. The van der Waals surface area contributed by atoms with Gasteiger partial charge in [0.15, 0.2) is 0 Å². The van der Waals surface area contributed by atoms with Gasteiger partial charge in [-0.15, -0.1) is 11.8 Å². The van der Waals surface area contributed by atoms with Crippen molar-refractivity contribution in [2.45, 2.75) is 67.9 Å². The minimum Gasteiger partial charge on any atom is -0.392 e. The standard InChI is InChI=1S/C31H33IN2O3S/c1-3-14-33-30(37)31(38-25-11-8-20(2)9-12-25)18-28(36)34(24-16-22-6-4-5-7-23(22)17-24)29(31)26-13-10-21(19-35)15-27(26)32/h4-13,15,24,29,35H,3,14,16-19H2,1-2H3,(H,33,37)/t29-,31-/m1/s1. The van der Waals surface area contributed by atoms with Gasteiger partial charge in [-0.2, -0.15) is 0 Å². The van der Waals surface area contributed by atoms with Crippen molar-refractivity contribution in [2.24, 2.45) is 0 Å². The SMILES string of the molecule is CCCNC(=O)[C@@]1(Sc2ccc(C)cc2)CC(=O)N(C2Cc3ccccc3C2)[C@@H]1c1ccc(CO)cc1I. The lowest BCUT2D eigenvalue weighted by Crippen LogP contribution is -2.50. The lowest BCUT2D eigenvalue weighted by atomic mass is 9.90. The largest absolute Gasteiger partial charge is 0.392 e. The summed E-state index contributed by atoms with van der Waals surface area (Å²) in [5.41, 5.74) is 5.46. The second kappa shape index (κ2) is 11.4. The highest BCUT2D eigenvalue weighted by Gasteiger charge is 2.60.